The maximum absolute atomic E-state index is 12.5. The summed E-state index contributed by atoms with van der Waals surface area (Å²) < 4.78 is 0.837. The van der Waals surface area contributed by atoms with E-state index in [1.807, 2.05) is 26.1 Å². The number of nitrogen functional groups attached to an aromatic ring is 1. The van der Waals surface area contributed by atoms with Crippen LogP contribution in [0.25, 0.3) is 0 Å². The standard InChI is InChI=1S/C15H23BrN2O/c1-9(2)6-10(3)18(5)15(19)13-7-12(16)8-14(17)11(13)4/h7-10H,6,17H2,1-5H3. The van der Waals surface area contributed by atoms with Gasteiger partial charge in [0.15, 0.2) is 0 Å². The highest BCUT2D eigenvalue weighted by atomic mass is 79.9. The van der Waals surface area contributed by atoms with Crippen LogP contribution >= 0.6 is 15.9 Å². The van der Waals surface area contributed by atoms with Gasteiger partial charge in [-0.1, -0.05) is 29.8 Å². The fourth-order valence-electron chi connectivity index (χ4n) is 2.15. The van der Waals surface area contributed by atoms with E-state index in [1.165, 1.54) is 0 Å². The van der Waals surface area contributed by atoms with Crippen LogP contribution in [0.5, 0.6) is 0 Å². The number of carbonyl (C=O) groups excluding carboxylic acids is 1. The summed E-state index contributed by atoms with van der Waals surface area (Å²) in [5.74, 6) is 0.595. The number of benzene rings is 1. The van der Waals surface area contributed by atoms with Gasteiger partial charge in [-0.2, -0.15) is 0 Å². The molecule has 1 unspecified atom stereocenters. The maximum atomic E-state index is 12.5. The molecule has 0 aliphatic rings. The van der Waals surface area contributed by atoms with E-state index < -0.39 is 0 Å². The molecule has 0 saturated carbocycles. The van der Waals surface area contributed by atoms with Crippen molar-refractivity contribution in [2.45, 2.75) is 40.2 Å². The van der Waals surface area contributed by atoms with Gasteiger partial charge in [-0.3, -0.25) is 4.79 Å². The first-order valence-electron chi connectivity index (χ1n) is 6.56. The van der Waals surface area contributed by atoms with Gasteiger partial charge < -0.3 is 10.6 Å². The van der Waals surface area contributed by atoms with Crippen molar-refractivity contribution in [1.82, 2.24) is 4.90 Å². The summed E-state index contributed by atoms with van der Waals surface area (Å²) in [6, 6.07) is 3.88. The lowest BCUT2D eigenvalue weighted by Crippen LogP contribution is -2.36. The number of rotatable bonds is 4. The van der Waals surface area contributed by atoms with Crippen LogP contribution in [-0.2, 0) is 0 Å². The third-order valence-corrected chi connectivity index (χ3v) is 3.89. The van der Waals surface area contributed by atoms with Crippen molar-refractivity contribution in [3.8, 4) is 0 Å². The first-order chi connectivity index (χ1) is 8.73. The Morgan fingerprint density at radius 2 is 1.95 bits per heavy atom. The number of anilines is 1. The topological polar surface area (TPSA) is 46.3 Å². The summed E-state index contributed by atoms with van der Waals surface area (Å²) >= 11 is 3.39. The molecule has 1 amide bonds. The van der Waals surface area contributed by atoms with Gasteiger partial charge in [0.2, 0.25) is 0 Å². The van der Waals surface area contributed by atoms with Crippen LogP contribution in [-0.4, -0.2) is 23.9 Å². The van der Waals surface area contributed by atoms with Crippen molar-refractivity contribution in [3.05, 3.63) is 27.7 Å². The van der Waals surface area contributed by atoms with Crippen molar-refractivity contribution in [3.63, 3.8) is 0 Å². The molecule has 0 aromatic heterocycles. The molecular weight excluding hydrogens is 304 g/mol. The summed E-state index contributed by atoms with van der Waals surface area (Å²) in [4.78, 5) is 14.3. The molecule has 1 aromatic carbocycles. The van der Waals surface area contributed by atoms with Crippen LogP contribution in [0.4, 0.5) is 5.69 Å². The van der Waals surface area contributed by atoms with E-state index in [9.17, 15) is 4.79 Å². The maximum Gasteiger partial charge on any atom is 0.254 e. The molecule has 4 heteroatoms. The van der Waals surface area contributed by atoms with Crippen molar-refractivity contribution >= 4 is 27.5 Å². The highest BCUT2D eigenvalue weighted by Gasteiger charge is 2.21. The Kier molecular flexibility index (Phi) is 5.41. The molecule has 1 rings (SSSR count). The second kappa shape index (κ2) is 6.42. The molecule has 19 heavy (non-hydrogen) atoms. The molecule has 0 heterocycles. The van der Waals surface area contributed by atoms with Crippen LogP contribution in [0.2, 0.25) is 0 Å². The highest BCUT2D eigenvalue weighted by molar-refractivity contribution is 9.10. The number of hydrogen-bond acceptors (Lipinski definition) is 2. The van der Waals surface area contributed by atoms with Crippen molar-refractivity contribution in [2.75, 3.05) is 12.8 Å². The Hall–Kier alpha value is -1.03. The molecule has 1 aromatic rings. The van der Waals surface area contributed by atoms with E-state index in [1.54, 1.807) is 4.90 Å². The second-order valence-electron chi connectivity index (χ2n) is 5.56. The van der Waals surface area contributed by atoms with Gasteiger partial charge >= 0.3 is 0 Å². The Bertz CT molecular complexity index is 471. The molecule has 1 atom stereocenters. The third-order valence-electron chi connectivity index (χ3n) is 3.44. The summed E-state index contributed by atoms with van der Waals surface area (Å²) in [5, 5.41) is 0. The van der Waals surface area contributed by atoms with Gasteiger partial charge in [-0.05, 0) is 43.9 Å². The number of nitrogens with two attached hydrogens (primary N) is 1. The smallest absolute Gasteiger partial charge is 0.254 e. The van der Waals surface area contributed by atoms with Gasteiger partial charge in [0.1, 0.15) is 0 Å². The summed E-state index contributed by atoms with van der Waals surface area (Å²) in [5.41, 5.74) is 8.07. The first-order valence-corrected chi connectivity index (χ1v) is 7.36. The van der Waals surface area contributed by atoms with Gasteiger partial charge in [0.25, 0.3) is 5.91 Å². The van der Waals surface area contributed by atoms with Crippen molar-refractivity contribution in [2.24, 2.45) is 5.92 Å². The molecule has 0 radical (unpaired) electrons. The predicted octanol–water partition coefficient (Wildman–Crippen LogP) is 3.85. The second-order valence-corrected chi connectivity index (χ2v) is 6.48. The van der Waals surface area contributed by atoms with E-state index in [2.05, 4.69) is 36.7 Å². The van der Waals surface area contributed by atoms with E-state index in [4.69, 9.17) is 5.73 Å². The SMILES string of the molecule is Cc1c(N)cc(Br)cc1C(=O)N(C)C(C)CC(C)C. The zero-order valence-electron chi connectivity index (χ0n) is 12.3. The average Bonchev–Trinajstić information content (AvgIpc) is 2.31. The molecule has 0 aliphatic heterocycles. The summed E-state index contributed by atoms with van der Waals surface area (Å²) in [6.45, 7) is 8.29. The molecule has 0 bridgehead atoms. The van der Waals surface area contributed by atoms with Crippen LogP contribution in [0.1, 0.15) is 43.1 Å². The number of carbonyl (C=O) groups is 1. The lowest BCUT2D eigenvalue weighted by molar-refractivity contribution is 0.0727. The Morgan fingerprint density at radius 1 is 1.37 bits per heavy atom. The van der Waals surface area contributed by atoms with Crippen LogP contribution in [0, 0.1) is 12.8 Å². The first kappa shape index (κ1) is 16.0. The van der Waals surface area contributed by atoms with Crippen LogP contribution in [0.3, 0.4) is 0 Å². The zero-order chi connectivity index (χ0) is 14.7. The van der Waals surface area contributed by atoms with Crippen LogP contribution < -0.4 is 5.73 Å². The fourth-order valence-corrected chi connectivity index (χ4v) is 2.63. The number of halogens is 1. The minimum atomic E-state index is 0.0265. The molecule has 0 fully saturated rings. The lowest BCUT2D eigenvalue weighted by Gasteiger charge is -2.27. The summed E-state index contributed by atoms with van der Waals surface area (Å²) in [6.07, 6.45) is 0.991. The Morgan fingerprint density at radius 3 is 2.47 bits per heavy atom. The van der Waals surface area contributed by atoms with E-state index >= 15 is 0 Å². The zero-order valence-corrected chi connectivity index (χ0v) is 13.9. The van der Waals surface area contributed by atoms with E-state index in [0.29, 0.717) is 17.2 Å². The summed E-state index contributed by atoms with van der Waals surface area (Å²) in [7, 11) is 1.85. The van der Waals surface area contributed by atoms with Gasteiger partial charge in [0, 0.05) is 28.8 Å². The van der Waals surface area contributed by atoms with Crippen molar-refractivity contribution < 1.29 is 4.79 Å². The van der Waals surface area contributed by atoms with Gasteiger partial charge in [-0.25, -0.2) is 0 Å². The number of nitrogens with zero attached hydrogens (tertiary/aromatic N) is 1. The van der Waals surface area contributed by atoms with Crippen molar-refractivity contribution in [1.29, 1.82) is 0 Å². The van der Waals surface area contributed by atoms with E-state index in [0.717, 1.165) is 16.5 Å². The third kappa shape index (κ3) is 3.96. The highest BCUT2D eigenvalue weighted by Crippen LogP contribution is 2.24. The minimum absolute atomic E-state index is 0.0265. The number of amides is 1. The minimum Gasteiger partial charge on any atom is -0.398 e. The monoisotopic (exact) mass is 326 g/mol. The fraction of sp³-hybridized carbons (Fsp3) is 0.533. The lowest BCUT2D eigenvalue weighted by atomic mass is 10.0. The largest absolute Gasteiger partial charge is 0.398 e. The molecule has 3 nitrogen and oxygen atoms in total. The average molecular weight is 327 g/mol. The molecule has 0 aliphatic carbocycles. The Balaban J connectivity index is 3.00. The molecular formula is C15H23BrN2O. The van der Waals surface area contributed by atoms with Gasteiger partial charge in [-0.15, -0.1) is 0 Å². The van der Waals surface area contributed by atoms with E-state index in [-0.39, 0.29) is 11.9 Å². The molecule has 0 spiro atoms. The molecule has 0 saturated heterocycles. The normalized spacial score (nSPS) is 12.6. The Labute approximate surface area is 124 Å². The number of hydrogen-bond donors (Lipinski definition) is 1. The predicted molar refractivity (Wildman–Crippen MR) is 84.3 cm³/mol. The molecule has 106 valence electrons. The molecule has 2 N–H and O–H groups in total. The van der Waals surface area contributed by atoms with Crippen LogP contribution in [0.15, 0.2) is 16.6 Å². The quantitative estimate of drug-likeness (QED) is 0.854. The van der Waals surface area contributed by atoms with Gasteiger partial charge in [0.05, 0.1) is 0 Å².